The van der Waals surface area contributed by atoms with E-state index in [4.69, 9.17) is 5.10 Å². The summed E-state index contributed by atoms with van der Waals surface area (Å²) in [7, 11) is 0. The summed E-state index contributed by atoms with van der Waals surface area (Å²) in [4.78, 5) is 12.9. The fourth-order valence-corrected chi connectivity index (χ4v) is 3.22. The standard InChI is InChI=1S/C24H26N6O/c1-17-9-8-12-19(13-17)30-22(14-21(27-30)24(2,3)4)25-23(31)20-16-29(28-26-20)15-18-10-6-5-7-11-18/h5-14,16H,15H2,1-4H3,(H,25,31). The van der Waals surface area contributed by atoms with Crippen LogP contribution in [0, 0.1) is 6.92 Å². The number of anilines is 1. The van der Waals surface area contributed by atoms with Gasteiger partial charge in [0.1, 0.15) is 5.82 Å². The molecule has 0 saturated carbocycles. The maximum absolute atomic E-state index is 12.9. The number of hydrogen-bond acceptors (Lipinski definition) is 4. The summed E-state index contributed by atoms with van der Waals surface area (Å²) in [5, 5.41) is 15.9. The Kier molecular flexibility index (Phi) is 5.42. The van der Waals surface area contributed by atoms with Gasteiger partial charge in [0.15, 0.2) is 5.69 Å². The third-order valence-corrected chi connectivity index (χ3v) is 4.92. The zero-order chi connectivity index (χ0) is 22.0. The van der Waals surface area contributed by atoms with E-state index in [0.29, 0.717) is 12.4 Å². The van der Waals surface area contributed by atoms with Crippen LogP contribution in [0.1, 0.15) is 48.1 Å². The first-order valence-electron chi connectivity index (χ1n) is 10.2. The molecule has 7 nitrogen and oxygen atoms in total. The van der Waals surface area contributed by atoms with Crippen LogP contribution < -0.4 is 5.32 Å². The van der Waals surface area contributed by atoms with Crippen molar-refractivity contribution in [3.63, 3.8) is 0 Å². The lowest BCUT2D eigenvalue weighted by atomic mass is 9.92. The largest absolute Gasteiger partial charge is 0.305 e. The lowest BCUT2D eigenvalue weighted by molar-refractivity contribution is 0.102. The van der Waals surface area contributed by atoms with Gasteiger partial charge in [-0.05, 0) is 30.2 Å². The van der Waals surface area contributed by atoms with Crippen molar-refractivity contribution in [3.05, 3.63) is 89.4 Å². The van der Waals surface area contributed by atoms with Crippen LogP contribution in [0.5, 0.6) is 0 Å². The van der Waals surface area contributed by atoms with E-state index >= 15 is 0 Å². The number of amides is 1. The number of nitrogens with one attached hydrogen (secondary N) is 1. The fourth-order valence-electron chi connectivity index (χ4n) is 3.22. The number of benzene rings is 2. The van der Waals surface area contributed by atoms with Gasteiger partial charge < -0.3 is 5.32 Å². The predicted molar refractivity (Wildman–Crippen MR) is 121 cm³/mol. The summed E-state index contributed by atoms with van der Waals surface area (Å²) in [6.07, 6.45) is 1.65. The summed E-state index contributed by atoms with van der Waals surface area (Å²) in [6.45, 7) is 8.86. The second kappa shape index (κ2) is 8.18. The van der Waals surface area contributed by atoms with E-state index in [-0.39, 0.29) is 17.0 Å². The maximum Gasteiger partial charge on any atom is 0.278 e. The summed E-state index contributed by atoms with van der Waals surface area (Å²) < 4.78 is 3.42. The van der Waals surface area contributed by atoms with E-state index < -0.39 is 0 Å². The van der Waals surface area contributed by atoms with Crippen molar-refractivity contribution >= 4 is 11.7 Å². The molecule has 0 aliphatic carbocycles. The van der Waals surface area contributed by atoms with Crippen LogP contribution in [0.15, 0.2) is 66.9 Å². The van der Waals surface area contributed by atoms with Crippen molar-refractivity contribution in [1.82, 2.24) is 24.8 Å². The van der Waals surface area contributed by atoms with Crippen molar-refractivity contribution < 1.29 is 4.79 Å². The Morgan fingerprint density at radius 3 is 2.52 bits per heavy atom. The molecule has 7 heteroatoms. The monoisotopic (exact) mass is 414 g/mol. The van der Waals surface area contributed by atoms with Crippen molar-refractivity contribution in [1.29, 1.82) is 0 Å². The van der Waals surface area contributed by atoms with Crippen LogP contribution in [0.25, 0.3) is 5.69 Å². The minimum absolute atomic E-state index is 0.159. The highest BCUT2D eigenvalue weighted by Crippen LogP contribution is 2.26. The summed E-state index contributed by atoms with van der Waals surface area (Å²) >= 11 is 0. The zero-order valence-corrected chi connectivity index (χ0v) is 18.2. The first kappa shape index (κ1) is 20.5. The van der Waals surface area contributed by atoms with Gasteiger partial charge in [0.2, 0.25) is 0 Å². The van der Waals surface area contributed by atoms with E-state index in [9.17, 15) is 4.79 Å². The second-order valence-corrected chi connectivity index (χ2v) is 8.66. The van der Waals surface area contributed by atoms with Gasteiger partial charge in [0.25, 0.3) is 5.91 Å². The lowest BCUT2D eigenvalue weighted by Gasteiger charge is -2.14. The minimum Gasteiger partial charge on any atom is -0.305 e. The Bertz CT molecular complexity index is 1200. The fraction of sp³-hybridized carbons (Fsp3) is 0.250. The number of carbonyl (C=O) groups is 1. The van der Waals surface area contributed by atoms with Gasteiger partial charge in [-0.3, -0.25) is 4.79 Å². The number of carbonyl (C=O) groups excluding carboxylic acids is 1. The Morgan fingerprint density at radius 1 is 1.03 bits per heavy atom. The highest BCUT2D eigenvalue weighted by molar-refractivity contribution is 6.02. The molecule has 2 aromatic carbocycles. The SMILES string of the molecule is Cc1cccc(-n2nc(C(C)(C)C)cc2NC(=O)c2cn(Cc3ccccc3)nn2)c1. The smallest absolute Gasteiger partial charge is 0.278 e. The van der Waals surface area contributed by atoms with E-state index in [1.54, 1.807) is 15.6 Å². The van der Waals surface area contributed by atoms with Crippen molar-refractivity contribution in [2.24, 2.45) is 0 Å². The average Bonchev–Trinajstić information content (AvgIpc) is 3.36. The number of hydrogen-bond donors (Lipinski definition) is 1. The Balaban J connectivity index is 1.60. The molecule has 4 rings (SSSR count). The first-order valence-corrected chi connectivity index (χ1v) is 10.2. The van der Waals surface area contributed by atoms with Crippen molar-refractivity contribution in [2.75, 3.05) is 5.32 Å². The van der Waals surface area contributed by atoms with Crippen LogP contribution >= 0.6 is 0 Å². The van der Waals surface area contributed by atoms with Crippen LogP contribution in [0.3, 0.4) is 0 Å². The average molecular weight is 415 g/mol. The van der Waals surface area contributed by atoms with E-state index in [0.717, 1.165) is 22.5 Å². The molecule has 0 unspecified atom stereocenters. The molecule has 2 aromatic heterocycles. The van der Waals surface area contributed by atoms with Crippen LogP contribution in [-0.4, -0.2) is 30.7 Å². The highest BCUT2D eigenvalue weighted by Gasteiger charge is 2.22. The summed E-state index contributed by atoms with van der Waals surface area (Å²) in [5.41, 5.74) is 4.08. The molecule has 0 aliphatic heterocycles. The maximum atomic E-state index is 12.9. The first-order chi connectivity index (χ1) is 14.8. The van der Waals surface area contributed by atoms with E-state index in [1.165, 1.54) is 0 Å². The number of rotatable bonds is 5. The van der Waals surface area contributed by atoms with Crippen LogP contribution in [0.4, 0.5) is 5.82 Å². The zero-order valence-electron chi connectivity index (χ0n) is 18.2. The molecule has 0 bridgehead atoms. The second-order valence-electron chi connectivity index (χ2n) is 8.66. The van der Waals surface area contributed by atoms with Crippen LogP contribution in [-0.2, 0) is 12.0 Å². The van der Waals surface area contributed by atoms with E-state index in [1.807, 2.05) is 67.6 Å². The molecule has 4 aromatic rings. The molecule has 158 valence electrons. The van der Waals surface area contributed by atoms with Gasteiger partial charge in [-0.1, -0.05) is 68.4 Å². The molecular weight excluding hydrogens is 388 g/mol. The molecule has 0 spiro atoms. The number of aryl methyl sites for hydroxylation is 1. The molecule has 0 radical (unpaired) electrons. The Labute approximate surface area is 181 Å². The van der Waals surface area contributed by atoms with Crippen molar-refractivity contribution in [2.45, 2.75) is 39.7 Å². The van der Waals surface area contributed by atoms with Crippen molar-refractivity contribution in [3.8, 4) is 5.69 Å². The third kappa shape index (κ3) is 4.71. The minimum atomic E-state index is -0.325. The van der Waals surface area contributed by atoms with Gasteiger partial charge in [0, 0.05) is 11.5 Å². The number of aromatic nitrogens is 5. The molecule has 2 heterocycles. The Morgan fingerprint density at radius 2 is 1.81 bits per heavy atom. The highest BCUT2D eigenvalue weighted by atomic mass is 16.2. The molecule has 1 amide bonds. The van der Waals surface area contributed by atoms with Gasteiger partial charge in [-0.15, -0.1) is 5.10 Å². The lowest BCUT2D eigenvalue weighted by Crippen LogP contribution is -2.15. The van der Waals surface area contributed by atoms with Crippen LogP contribution in [0.2, 0.25) is 0 Å². The van der Waals surface area contributed by atoms with Gasteiger partial charge in [-0.2, -0.15) is 5.10 Å². The molecular formula is C24H26N6O. The van der Waals surface area contributed by atoms with Gasteiger partial charge >= 0.3 is 0 Å². The predicted octanol–water partition coefficient (Wildman–Crippen LogP) is 4.37. The summed E-state index contributed by atoms with van der Waals surface area (Å²) in [5.74, 6) is 0.270. The summed E-state index contributed by atoms with van der Waals surface area (Å²) in [6, 6.07) is 19.8. The Hall–Kier alpha value is -3.74. The molecule has 31 heavy (non-hydrogen) atoms. The molecule has 1 N–H and O–H groups in total. The molecule has 0 atom stereocenters. The normalized spacial score (nSPS) is 11.5. The quantitative estimate of drug-likeness (QED) is 0.526. The molecule has 0 aliphatic rings. The van der Waals surface area contributed by atoms with E-state index in [2.05, 4.69) is 36.4 Å². The topological polar surface area (TPSA) is 77.6 Å². The van der Waals surface area contributed by atoms with Gasteiger partial charge in [0.05, 0.1) is 24.1 Å². The third-order valence-electron chi connectivity index (χ3n) is 4.92. The molecule has 0 saturated heterocycles. The molecule has 0 fully saturated rings. The number of nitrogens with zero attached hydrogens (tertiary/aromatic N) is 5. The van der Waals surface area contributed by atoms with Gasteiger partial charge in [-0.25, -0.2) is 9.36 Å².